The summed E-state index contributed by atoms with van der Waals surface area (Å²) in [5.41, 5.74) is 1.32. The quantitative estimate of drug-likeness (QED) is 0.504. The molecule has 1 aromatic carbocycles. The summed E-state index contributed by atoms with van der Waals surface area (Å²) < 4.78 is 0. The Morgan fingerprint density at radius 1 is 1.35 bits per heavy atom. The highest BCUT2D eigenvalue weighted by Gasteiger charge is 2.20. The molecular weight excluding hydrogens is 278 g/mol. The predicted octanol–water partition coefficient (Wildman–Crippen LogP) is 1.65. The van der Waals surface area contributed by atoms with Gasteiger partial charge in [-0.3, -0.25) is 9.69 Å². The second kappa shape index (κ2) is 8.55. The van der Waals surface area contributed by atoms with Gasteiger partial charge in [-0.1, -0.05) is 35.5 Å². The van der Waals surface area contributed by atoms with Crippen molar-refractivity contribution in [1.82, 2.24) is 10.2 Å². The van der Waals surface area contributed by atoms with Gasteiger partial charge < -0.3 is 10.5 Å². The first kappa shape index (κ1) is 16.5. The van der Waals surface area contributed by atoms with Crippen LogP contribution in [-0.4, -0.2) is 41.4 Å². The van der Waals surface area contributed by atoms with Gasteiger partial charge in [-0.25, -0.2) is 0 Å². The first-order valence-electron chi connectivity index (χ1n) is 6.52. The Labute approximate surface area is 125 Å². The van der Waals surface area contributed by atoms with E-state index in [1.165, 1.54) is 5.56 Å². The molecule has 2 rings (SSSR count). The van der Waals surface area contributed by atoms with E-state index in [0.717, 1.165) is 38.7 Å². The summed E-state index contributed by atoms with van der Waals surface area (Å²) in [6.45, 7) is 2.89. The molecule has 0 bridgehead atoms. The fraction of sp³-hybridized carbons (Fsp3) is 0.429. The average molecular weight is 298 g/mol. The topological polar surface area (TPSA) is 64.9 Å². The molecule has 0 unspecified atom stereocenters. The van der Waals surface area contributed by atoms with Crippen molar-refractivity contribution in [2.75, 3.05) is 13.1 Å². The Morgan fingerprint density at radius 2 is 2.00 bits per heavy atom. The third-order valence-corrected chi connectivity index (χ3v) is 3.36. The van der Waals surface area contributed by atoms with Crippen LogP contribution in [0.25, 0.3) is 0 Å². The van der Waals surface area contributed by atoms with Crippen LogP contribution in [0.4, 0.5) is 0 Å². The summed E-state index contributed by atoms with van der Waals surface area (Å²) in [7, 11) is 0. The zero-order valence-electron chi connectivity index (χ0n) is 11.2. The molecule has 0 spiro atoms. The highest BCUT2D eigenvalue weighted by Crippen LogP contribution is 2.13. The van der Waals surface area contributed by atoms with E-state index < -0.39 is 0 Å². The third-order valence-electron chi connectivity index (χ3n) is 3.36. The molecule has 1 aliphatic rings. The largest absolute Gasteiger partial charge is 0.411 e. The number of halogens is 1. The lowest BCUT2D eigenvalue weighted by molar-refractivity contribution is -0.115. The van der Waals surface area contributed by atoms with Crippen LogP contribution >= 0.6 is 12.4 Å². The molecule has 1 aromatic rings. The number of rotatable bonds is 4. The first-order valence-corrected chi connectivity index (χ1v) is 6.52. The lowest BCUT2D eigenvalue weighted by atomic mass is 10.0. The van der Waals surface area contributed by atoms with Crippen LogP contribution in [-0.2, 0) is 11.3 Å². The molecule has 6 heteroatoms. The van der Waals surface area contributed by atoms with Crippen molar-refractivity contribution in [1.29, 1.82) is 0 Å². The molecule has 1 amide bonds. The van der Waals surface area contributed by atoms with E-state index in [1.54, 1.807) is 0 Å². The van der Waals surface area contributed by atoms with Crippen LogP contribution in [0.5, 0.6) is 0 Å². The minimum Gasteiger partial charge on any atom is -0.411 e. The first-order chi connectivity index (χ1) is 9.28. The molecule has 1 saturated heterocycles. The van der Waals surface area contributed by atoms with E-state index in [0.29, 0.717) is 0 Å². The number of piperidine rings is 1. The van der Waals surface area contributed by atoms with Crippen LogP contribution < -0.4 is 5.32 Å². The van der Waals surface area contributed by atoms with Gasteiger partial charge in [-0.2, -0.15) is 0 Å². The number of benzene rings is 1. The number of hydrogen-bond acceptors (Lipinski definition) is 4. The molecule has 0 aliphatic carbocycles. The van der Waals surface area contributed by atoms with Crippen molar-refractivity contribution < 1.29 is 10.0 Å². The standard InChI is InChI=1S/C14H19N3O2.ClH/c18-14(10-15-19)16-13-6-8-17(9-7-13)11-12-4-2-1-3-5-12;/h1-5,10,13,19H,6-9,11H2,(H,16,18);1H/b15-10-;. The van der Waals surface area contributed by atoms with Gasteiger partial charge in [0.1, 0.15) is 6.21 Å². The Kier molecular flexibility index (Phi) is 7.04. The lowest BCUT2D eigenvalue weighted by Crippen LogP contribution is -2.44. The Bertz CT molecular complexity index is 431. The van der Waals surface area contributed by atoms with Gasteiger partial charge in [0.05, 0.1) is 0 Å². The van der Waals surface area contributed by atoms with Crippen LogP contribution in [0.3, 0.4) is 0 Å². The number of carbonyl (C=O) groups excluding carboxylic acids is 1. The third kappa shape index (κ3) is 5.19. The van der Waals surface area contributed by atoms with Gasteiger partial charge >= 0.3 is 0 Å². The van der Waals surface area contributed by atoms with Crippen molar-refractivity contribution in [3.05, 3.63) is 35.9 Å². The molecule has 2 N–H and O–H groups in total. The number of nitrogens with one attached hydrogen (secondary N) is 1. The molecule has 5 nitrogen and oxygen atoms in total. The summed E-state index contributed by atoms with van der Waals surface area (Å²) in [6.07, 6.45) is 2.76. The minimum absolute atomic E-state index is 0. The van der Waals surface area contributed by atoms with E-state index in [4.69, 9.17) is 5.21 Å². The molecule has 1 fully saturated rings. The normalized spacial score (nSPS) is 16.8. The molecule has 0 atom stereocenters. The van der Waals surface area contributed by atoms with E-state index in [-0.39, 0.29) is 24.4 Å². The lowest BCUT2D eigenvalue weighted by Gasteiger charge is -2.32. The van der Waals surface area contributed by atoms with E-state index in [1.807, 2.05) is 6.07 Å². The van der Waals surface area contributed by atoms with Crippen LogP contribution in [0, 0.1) is 0 Å². The van der Waals surface area contributed by atoms with E-state index >= 15 is 0 Å². The van der Waals surface area contributed by atoms with Gasteiger partial charge in [-0.15, -0.1) is 12.4 Å². The van der Waals surface area contributed by atoms with Crippen molar-refractivity contribution in [3.8, 4) is 0 Å². The van der Waals surface area contributed by atoms with Gasteiger partial charge in [0.15, 0.2) is 0 Å². The van der Waals surface area contributed by atoms with Crippen molar-refractivity contribution >= 4 is 24.5 Å². The second-order valence-electron chi connectivity index (χ2n) is 4.79. The van der Waals surface area contributed by atoms with Gasteiger partial charge in [0.2, 0.25) is 0 Å². The van der Waals surface area contributed by atoms with Crippen LogP contribution in [0.1, 0.15) is 18.4 Å². The number of likely N-dealkylation sites (tertiary alicyclic amines) is 1. The Balaban J connectivity index is 0.00000200. The SMILES string of the molecule is Cl.O=C(/C=N\O)NC1CCN(Cc2ccccc2)CC1. The molecule has 1 aliphatic heterocycles. The smallest absolute Gasteiger partial charge is 0.266 e. The molecular formula is C14H20ClN3O2. The number of oxime groups is 1. The summed E-state index contributed by atoms with van der Waals surface area (Å²) in [4.78, 5) is 13.6. The van der Waals surface area contributed by atoms with Crippen molar-refractivity contribution in [3.63, 3.8) is 0 Å². The highest BCUT2D eigenvalue weighted by atomic mass is 35.5. The number of hydrogen-bond donors (Lipinski definition) is 2. The summed E-state index contributed by atoms with van der Waals surface area (Å²) in [5.74, 6) is -0.330. The number of carbonyl (C=O) groups is 1. The zero-order valence-corrected chi connectivity index (χ0v) is 12.1. The second-order valence-corrected chi connectivity index (χ2v) is 4.79. The Morgan fingerprint density at radius 3 is 2.60 bits per heavy atom. The van der Waals surface area contributed by atoms with Crippen molar-refractivity contribution in [2.24, 2.45) is 5.16 Å². The van der Waals surface area contributed by atoms with Gasteiger partial charge in [0, 0.05) is 25.7 Å². The molecule has 0 aromatic heterocycles. The van der Waals surface area contributed by atoms with E-state index in [2.05, 4.69) is 39.6 Å². The number of amides is 1. The highest BCUT2D eigenvalue weighted by molar-refractivity contribution is 6.26. The summed E-state index contributed by atoms with van der Waals surface area (Å²) in [6, 6.07) is 10.6. The maximum absolute atomic E-state index is 11.2. The maximum atomic E-state index is 11.2. The zero-order chi connectivity index (χ0) is 13.5. The van der Waals surface area contributed by atoms with Gasteiger partial charge in [0.25, 0.3) is 5.91 Å². The van der Waals surface area contributed by atoms with Crippen LogP contribution in [0.2, 0.25) is 0 Å². The molecule has 110 valence electrons. The number of nitrogens with zero attached hydrogens (tertiary/aromatic N) is 2. The molecule has 0 radical (unpaired) electrons. The molecule has 0 saturated carbocycles. The molecule has 20 heavy (non-hydrogen) atoms. The fourth-order valence-corrected chi connectivity index (χ4v) is 2.37. The molecule has 1 heterocycles. The van der Waals surface area contributed by atoms with E-state index in [9.17, 15) is 4.79 Å². The van der Waals surface area contributed by atoms with Crippen molar-refractivity contribution in [2.45, 2.75) is 25.4 Å². The fourth-order valence-electron chi connectivity index (χ4n) is 2.37. The average Bonchev–Trinajstić information content (AvgIpc) is 2.42. The Hall–Kier alpha value is -1.59. The minimum atomic E-state index is -0.330. The summed E-state index contributed by atoms with van der Waals surface area (Å²) in [5, 5.41) is 13.8. The van der Waals surface area contributed by atoms with Gasteiger partial charge in [-0.05, 0) is 18.4 Å². The van der Waals surface area contributed by atoms with Crippen LogP contribution in [0.15, 0.2) is 35.5 Å². The monoisotopic (exact) mass is 297 g/mol. The predicted molar refractivity (Wildman–Crippen MR) is 80.4 cm³/mol. The summed E-state index contributed by atoms with van der Waals surface area (Å²) >= 11 is 0. The maximum Gasteiger partial charge on any atom is 0.266 e.